The summed E-state index contributed by atoms with van der Waals surface area (Å²) in [5, 5.41) is 38.2. The third-order valence-corrected chi connectivity index (χ3v) is 4.01. The normalized spacial score (nSPS) is 15.5. The van der Waals surface area contributed by atoms with Gasteiger partial charge in [-0.3, -0.25) is 19.4 Å². The van der Waals surface area contributed by atoms with Gasteiger partial charge in [-0.25, -0.2) is 0 Å². The summed E-state index contributed by atoms with van der Waals surface area (Å²) >= 11 is 0. The first-order chi connectivity index (χ1) is 17.4. The minimum absolute atomic E-state index is 0.0871. The molecule has 4 unspecified atom stereocenters. The maximum atomic E-state index is 8.90. The Morgan fingerprint density at radius 2 is 0.667 bits per heavy atom. The van der Waals surface area contributed by atoms with Crippen molar-refractivity contribution in [1.29, 1.82) is 0 Å². The molecule has 0 fully saturated rings. The molecule has 14 heteroatoms. The summed E-state index contributed by atoms with van der Waals surface area (Å²) in [6.45, 7) is 8.99. The lowest BCUT2D eigenvalue weighted by atomic mass is 10.4. The average Bonchev–Trinajstić information content (AvgIpc) is 2.83. The summed E-state index contributed by atoms with van der Waals surface area (Å²) in [6, 6.07) is 0. The number of hydrogen-bond donors (Lipinski definition) is 4. The van der Waals surface area contributed by atoms with Crippen LogP contribution in [0.25, 0.3) is 0 Å². The molecule has 0 aliphatic heterocycles. The fraction of sp³-hybridized carbons (Fsp3) is 1.00. The van der Waals surface area contributed by atoms with Crippen LogP contribution in [0.5, 0.6) is 0 Å². The first-order valence-corrected chi connectivity index (χ1v) is 12.3. The number of ether oxygens (including phenoxy) is 4. The van der Waals surface area contributed by atoms with E-state index in [0.717, 1.165) is 0 Å². The smallest absolute Gasteiger partial charge is 0.102 e. The van der Waals surface area contributed by atoms with E-state index in [4.69, 9.17) is 58.7 Å². The summed E-state index contributed by atoms with van der Waals surface area (Å²) in [7, 11) is 0. The third kappa shape index (κ3) is 21.5. The van der Waals surface area contributed by atoms with Crippen molar-refractivity contribution in [1.82, 2.24) is 10.5 Å². The number of nitrogens with zero attached hydrogens (tertiary/aromatic N) is 2. The SMILES string of the molecule is CC(COCCO)ON(CCN(OC(C)COCCO)OC(C)COCCO)OC(C)COCCO. The molecule has 0 rings (SSSR count). The topological polar surface area (TPSA) is 161 Å². The second kappa shape index (κ2) is 24.8. The molecule has 0 radical (unpaired) electrons. The van der Waals surface area contributed by atoms with E-state index in [9.17, 15) is 0 Å². The number of hydroxylamine groups is 4. The maximum Gasteiger partial charge on any atom is 0.102 e. The molecule has 4 N–H and O–H groups in total. The van der Waals surface area contributed by atoms with Gasteiger partial charge in [0, 0.05) is 0 Å². The van der Waals surface area contributed by atoms with Gasteiger partial charge in [0.25, 0.3) is 0 Å². The predicted octanol–water partition coefficient (Wildman–Crippen LogP) is -1.09. The summed E-state index contributed by atoms with van der Waals surface area (Å²) in [4.78, 5) is 23.4. The molecule has 0 saturated carbocycles. The van der Waals surface area contributed by atoms with Crippen LogP contribution in [0.2, 0.25) is 0 Å². The minimum atomic E-state index is -0.381. The molecule has 0 aliphatic carbocycles. The molecule has 0 heterocycles. The highest BCUT2D eigenvalue weighted by Gasteiger charge is 2.21. The van der Waals surface area contributed by atoms with Crippen LogP contribution in [0.4, 0.5) is 0 Å². The largest absolute Gasteiger partial charge is 0.394 e. The second-order valence-electron chi connectivity index (χ2n) is 7.97. The van der Waals surface area contributed by atoms with E-state index in [2.05, 4.69) is 0 Å². The van der Waals surface area contributed by atoms with Crippen LogP contribution in [0.1, 0.15) is 27.7 Å². The highest BCUT2D eigenvalue weighted by molar-refractivity contribution is 4.52. The van der Waals surface area contributed by atoms with Crippen molar-refractivity contribution in [2.45, 2.75) is 52.1 Å². The molecule has 36 heavy (non-hydrogen) atoms. The molecular formula is C22H48N2O12. The molecule has 0 bridgehead atoms. The van der Waals surface area contributed by atoms with Crippen molar-refractivity contribution in [2.24, 2.45) is 0 Å². The van der Waals surface area contributed by atoms with Crippen LogP contribution < -0.4 is 0 Å². The zero-order chi connectivity index (χ0) is 27.0. The van der Waals surface area contributed by atoms with Gasteiger partial charge in [0.15, 0.2) is 0 Å². The second-order valence-corrected chi connectivity index (χ2v) is 7.97. The van der Waals surface area contributed by atoms with Crippen molar-refractivity contribution in [2.75, 3.05) is 92.4 Å². The van der Waals surface area contributed by atoms with Crippen LogP contribution >= 0.6 is 0 Å². The van der Waals surface area contributed by atoms with Gasteiger partial charge in [-0.2, -0.15) is 0 Å². The first-order valence-electron chi connectivity index (χ1n) is 12.3. The van der Waals surface area contributed by atoms with Crippen LogP contribution in [-0.2, 0) is 38.3 Å². The van der Waals surface area contributed by atoms with Gasteiger partial charge < -0.3 is 39.4 Å². The fourth-order valence-corrected chi connectivity index (χ4v) is 2.60. The van der Waals surface area contributed by atoms with Crippen LogP contribution in [-0.4, -0.2) is 148 Å². The molecule has 4 atom stereocenters. The molecule has 0 aromatic rings. The van der Waals surface area contributed by atoms with Crippen molar-refractivity contribution >= 4 is 0 Å². The Morgan fingerprint density at radius 3 is 0.861 bits per heavy atom. The van der Waals surface area contributed by atoms with Gasteiger partial charge in [0.1, 0.15) is 24.4 Å². The Bertz CT molecular complexity index is 393. The van der Waals surface area contributed by atoms with E-state index < -0.39 is 0 Å². The van der Waals surface area contributed by atoms with Gasteiger partial charge >= 0.3 is 0 Å². The Balaban J connectivity index is 5.06. The maximum absolute atomic E-state index is 8.90. The Morgan fingerprint density at radius 1 is 0.444 bits per heavy atom. The Kier molecular flexibility index (Phi) is 24.4. The van der Waals surface area contributed by atoms with Crippen LogP contribution in [0, 0.1) is 0 Å². The minimum Gasteiger partial charge on any atom is -0.394 e. The molecule has 0 aromatic heterocycles. The van der Waals surface area contributed by atoms with Crippen LogP contribution in [0.3, 0.4) is 0 Å². The highest BCUT2D eigenvalue weighted by Crippen LogP contribution is 2.09. The predicted molar refractivity (Wildman–Crippen MR) is 127 cm³/mol. The lowest BCUT2D eigenvalue weighted by Gasteiger charge is -2.31. The van der Waals surface area contributed by atoms with E-state index in [-0.39, 0.29) is 117 Å². The molecule has 0 saturated heterocycles. The monoisotopic (exact) mass is 532 g/mol. The van der Waals surface area contributed by atoms with Crippen molar-refractivity contribution in [3.8, 4) is 0 Å². The quantitative estimate of drug-likeness (QED) is 0.0745. The number of hydrogen-bond acceptors (Lipinski definition) is 14. The summed E-state index contributed by atoms with van der Waals surface area (Å²) in [5.41, 5.74) is 0. The van der Waals surface area contributed by atoms with E-state index in [1.807, 2.05) is 0 Å². The molecule has 218 valence electrons. The average molecular weight is 533 g/mol. The molecule has 0 aliphatic rings. The van der Waals surface area contributed by atoms with Crippen molar-refractivity contribution in [3.63, 3.8) is 0 Å². The van der Waals surface area contributed by atoms with E-state index in [0.29, 0.717) is 0 Å². The van der Waals surface area contributed by atoms with Crippen LogP contribution in [0.15, 0.2) is 0 Å². The molecule has 0 aromatic carbocycles. The molecule has 14 nitrogen and oxygen atoms in total. The zero-order valence-electron chi connectivity index (χ0n) is 22.2. The van der Waals surface area contributed by atoms with Gasteiger partial charge in [-0.1, -0.05) is 10.5 Å². The molecular weight excluding hydrogens is 484 g/mol. The van der Waals surface area contributed by atoms with E-state index in [1.165, 1.54) is 10.5 Å². The van der Waals surface area contributed by atoms with Crippen molar-refractivity contribution in [3.05, 3.63) is 0 Å². The summed E-state index contributed by atoms with van der Waals surface area (Å²) in [5.74, 6) is 0. The zero-order valence-corrected chi connectivity index (χ0v) is 22.2. The molecule has 0 spiro atoms. The molecule has 0 amide bonds. The van der Waals surface area contributed by atoms with Gasteiger partial charge in [0.05, 0.1) is 92.4 Å². The Hall–Kier alpha value is -0.560. The summed E-state index contributed by atoms with van der Waals surface area (Å²) in [6.07, 6.45) is -1.52. The number of aliphatic hydroxyl groups is 4. The van der Waals surface area contributed by atoms with Gasteiger partial charge in [-0.15, -0.1) is 0 Å². The van der Waals surface area contributed by atoms with Crippen molar-refractivity contribution < 1.29 is 58.7 Å². The fourth-order valence-electron chi connectivity index (χ4n) is 2.60. The lowest BCUT2D eigenvalue weighted by Crippen LogP contribution is -2.43. The Labute approximate surface area is 214 Å². The van der Waals surface area contributed by atoms with Gasteiger partial charge in [-0.05, 0) is 27.7 Å². The summed E-state index contributed by atoms with van der Waals surface area (Å²) < 4.78 is 21.3. The van der Waals surface area contributed by atoms with E-state index >= 15 is 0 Å². The third-order valence-electron chi connectivity index (χ3n) is 4.01. The van der Waals surface area contributed by atoms with Gasteiger partial charge in [0.2, 0.25) is 0 Å². The first kappa shape index (κ1) is 35.4. The lowest BCUT2D eigenvalue weighted by molar-refractivity contribution is -0.433. The number of rotatable bonds is 27. The van der Waals surface area contributed by atoms with E-state index in [1.54, 1.807) is 27.7 Å². The highest BCUT2D eigenvalue weighted by atomic mass is 17.0. The standard InChI is InChI=1S/C22H48N2O12/c1-19(15-29-11-7-25)33-23(34-20(2)16-30-12-8-26)5-6-24(35-21(3)17-31-13-9-27)36-22(4)18-32-14-10-28/h19-22,25-28H,5-18H2,1-4H3. The number of aliphatic hydroxyl groups excluding tert-OH is 4.